The topological polar surface area (TPSA) is 139 Å². The number of sulfonamides is 1. The third-order valence-electron chi connectivity index (χ3n) is 8.70. The minimum Gasteiger partial charge on any atom is -0.475 e. The minimum atomic E-state index is -5.08. The number of alkyl halides is 5. The number of likely N-dealkylation sites (tertiary alicyclic amines) is 1. The van der Waals surface area contributed by atoms with Gasteiger partial charge in [-0.1, -0.05) is 73.0 Å². The van der Waals surface area contributed by atoms with Gasteiger partial charge in [0.25, 0.3) is 5.92 Å². The van der Waals surface area contributed by atoms with Gasteiger partial charge in [-0.3, -0.25) is 4.79 Å². The first-order valence-corrected chi connectivity index (χ1v) is 18.1. The second-order valence-electron chi connectivity index (χ2n) is 12.4. The van der Waals surface area contributed by atoms with E-state index in [2.05, 4.69) is 4.72 Å². The van der Waals surface area contributed by atoms with Crippen LogP contribution in [0, 0.1) is 0 Å². The normalized spacial score (nSPS) is 16.7. The van der Waals surface area contributed by atoms with Gasteiger partial charge in [0.1, 0.15) is 0 Å². The predicted molar refractivity (Wildman–Crippen MR) is 181 cm³/mol. The quantitative estimate of drug-likeness (QED) is 0.189. The number of halogens is 6. The van der Waals surface area contributed by atoms with E-state index in [9.17, 15) is 26.4 Å². The molecule has 1 saturated carbocycles. The molecule has 4 N–H and O–H groups in total. The molecule has 278 valence electrons. The van der Waals surface area contributed by atoms with Crippen LogP contribution >= 0.6 is 11.6 Å². The highest BCUT2D eigenvalue weighted by molar-refractivity contribution is 7.89. The molecule has 5 rings (SSSR count). The number of carbonyl (C=O) groups excluding carboxylic acids is 1. The lowest BCUT2D eigenvalue weighted by molar-refractivity contribution is -0.192. The van der Waals surface area contributed by atoms with E-state index in [1.54, 1.807) is 36.4 Å². The molecule has 1 heterocycles. The molecule has 2 fully saturated rings. The van der Waals surface area contributed by atoms with Crippen LogP contribution in [0.3, 0.4) is 0 Å². The number of carbonyl (C=O) groups is 2. The van der Waals surface area contributed by atoms with E-state index in [-0.39, 0.29) is 30.1 Å². The van der Waals surface area contributed by atoms with Crippen LogP contribution in [0.2, 0.25) is 5.02 Å². The van der Waals surface area contributed by atoms with E-state index in [1.807, 2.05) is 0 Å². The molecule has 0 radical (unpaired) electrons. The molecular formula is C35H39ClF5N3O6S. The van der Waals surface area contributed by atoms with E-state index in [1.165, 1.54) is 54.1 Å². The first-order valence-electron chi connectivity index (χ1n) is 16.3. The smallest absolute Gasteiger partial charge is 0.475 e. The van der Waals surface area contributed by atoms with E-state index >= 15 is 8.78 Å². The standard InChI is InChI=1S/C33H38ClF2N3O4S.C2HF3O2/c34-27-13-9-25(10-14-27)24-7-11-26(12-8-24)33(35,36)31(32(40)39-20-17-28(37)18-21-39)38-44(41,42)30-15-5-23(6-16-30)19-22-43-29-3-1-2-4-29;3-2(4,5)1(6)7/h5-16,28-29,31,38H,1-4,17-22,37H2;(H,6,7)/t31-;/m1./s1. The molecule has 1 atom stereocenters. The van der Waals surface area contributed by atoms with Gasteiger partial charge in [-0.05, 0) is 73.1 Å². The van der Waals surface area contributed by atoms with Crippen LogP contribution in [0.25, 0.3) is 11.1 Å². The molecule has 1 aliphatic carbocycles. The van der Waals surface area contributed by atoms with Crippen molar-refractivity contribution in [3.8, 4) is 11.1 Å². The number of nitrogens with zero attached hydrogens (tertiary/aromatic N) is 1. The highest BCUT2D eigenvalue weighted by atomic mass is 35.5. The number of ether oxygens (including phenoxy) is 1. The molecule has 0 bridgehead atoms. The number of piperidine rings is 1. The van der Waals surface area contributed by atoms with Crippen LogP contribution in [0.5, 0.6) is 0 Å². The third-order valence-corrected chi connectivity index (χ3v) is 10.4. The average molecular weight is 760 g/mol. The summed E-state index contributed by atoms with van der Waals surface area (Å²) in [6, 6.07) is 15.9. The number of hydrogen-bond donors (Lipinski definition) is 3. The van der Waals surface area contributed by atoms with Crippen LogP contribution in [-0.4, -0.2) is 74.4 Å². The van der Waals surface area contributed by atoms with Gasteiger partial charge in [0.15, 0.2) is 6.04 Å². The summed E-state index contributed by atoms with van der Waals surface area (Å²) in [5.41, 5.74) is 7.79. The van der Waals surface area contributed by atoms with Crippen molar-refractivity contribution in [2.45, 2.75) is 80.1 Å². The van der Waals surface area contributed by atoms with E-state index in [4.69, 9.17) is 32.0 Å². The van der Waals surface area contributed by atoms with Gasteiger partial charge < -0.3 is 20.5 Å². The van der Waals surface area contributed by atoms with Crippen molar-refractivity contribution < 1.29 is 49.8 Å². The minimum absolute atomic E-state index is 0.141. The Kier molecular flexibility index (Phi) is 13.6. The zero-order valence-corrected chi connectivity index (χ0v) is 29.0. The van der Waals surface area contributed by atoms with Crippen LogP contribution in [0.4, 0.5) is 22.0 Å². The number of amides is 1. The fraction of sp³-hybridized carbons (Fsp3) is 0.429. The number of carboxylic acid groups (broad SMARTS) is 1. The Morgan fingerprint density at radius 2 is 1.39 bits per heavy atom. The fourth-order valence-corrected chi connectivity index (χ4v) is 7.05. The van der Waals surface area contributed by atoms with Crippen molar-refractivity contribution in [2.75, 3.05) is 19.7 Å². The van der Waals surface area contributed by atoms with Crippen molar-refractivity contribution >= 4 is 33.5 Å². The second-order valence-corrected chi connectivity index (χ2v) is 14.5. The number of benzene rings is 3. The second kappa shape index (κ2) is 17.3. The first-order chi connectivity index (χ1) is 24.0. The maximum absolute atomic E-state index is 16.2. The van der Waals surface area contributed by atoms with Crippen molar-refractivity contribution in [2.24, 2.45) is 5.73 Å². The lowest BCUT2D eigenvalue weighted by Gasteiger charge is -2.35. The lowest BCUT2D eigenvalue weighted by atomic mass is 9.96. The molecule has 0 unspecified atom stereocenters. The number of hydrogen-bond acceptors (Lipinski definition) is 6. The number of carboxylic acids is 1. The number of aliphatic carboxylic acids is 1. The van der Waals surface area contributed by atoms with Gasteiger partial charge in [0, 0.05) is 29.7 Å². The SMILES string of the molecule is NC1CCN(C(=O)[C@@H](NS(=O)(=O)c2ccc(CCOC3CCCC3)cc2)C(F)(F)c2ccc(-c3ccc(Cl)cc3)cc2)CC1.O=C(O)C(F)(F)F. The summed E-state index contributed by atoms with van der Waals surface area (Å²) >= 11 is 5.96. The van der Waals surface area contributed by atoms with Crippen molar-refractivity contribution in [3.63, 3.8) is 0 Å². The summed E-state index contributed by atoms with van der Waals surface area (Å²) in [7, 11) is -4.50. The van der Waals surface area contributed by atoms with E-state index in [0.29, 0.717) is 36.5 Å². The molecule has 9 nitrogen and oxygen atoms in total. The van der Waals surface area contributed by atoms with E-state index < -0.39 is 45.6 Å². The molecule has 2 aliphatic rings. The number of rotatable bonds is 11. The summed E-state index contributed by atoms with van der Waals surface area (Å²) in [6.07, 6.45) is 1.15. The van der Waals surface area contributed by atoms with Gasteiger partial charge in [0.05, 0.1) is 17.6 Å². The Morgan fingerprint density at radius 3 is 1.90 bits per heavy atom. The molecule has 0 spiro atoms. The van der Waals surface area contributed by atoms with Crippen LogP contribution < -0.4 is 10.5 Å². The van der Waals surface area contributed by atoms with Crippen molar-refractivity contribution in [1.82, 2.24) is 9.62 Å². The molecule has 1 aliphatic heterocycles. The zero-order valence-electron chi connectivity index (χ0n) is 27.4. The Morgan fingerprint density at radius 1 is 0.882 bits per heavy atom. The highest BCUT2D eigenvalue weighted by Crippen LogP contribution is 2.36. The fourth-order valence-electron chi connectivity index (χ4n) is 5.73. The van der Waals surface area contributed by atoms with Crippen molar-refractivity contribution in [1.29, 1.82) is 0 Å². The Balaban J connectivity index is 0.000000755. The summed E-state index contributed by atoms with van der Waals surface area (Å²) in [6.45, 7) is 0.858. The average Bonchev–Trinajstić information content (AvgIpc) is 3.61. The molecule has 1 saturated heterocycles. The third kappa shape index (κ3) is 11.2. The Bertz CT molecular complexity index is 1710. The number of nitrogens with two attached hydrogens (primary N) is 1. The van der Waals surface area contributed by atoms with Gasteiger partial charge in [0.2, 0.25) is 15.9 Å². The maximum Gasteiger partial charge on any atom is 0.490 e. The molecule has 16 heteroatoms. The van der Waals surface area contributed by atoms with Gasteiger partial charge in [-0.2, -0.15) is 26.7 Å². The lowest BCUT2D eigenvalue weighted by Crippen LogP contribution is -2.57. The van der Waals surface area contributed by atoms with E-state index in [0.717, 1.165) is 24.0 Å². The van der Waals surface area contributed by atoms with Gasteiger partial charge >= 0.3 is 12.1 Å². The van der Waals surface area contributed by atoms with Crippen LogP contribution in [-0.2, 0) is 36.7 Å². The summed E-state index contributed by atoms with van der Waals surface area (Å²) in [5.74, 6) is -7.61. The van der Waals surface area contributed by atoms with Gasteiger partial charge in [-0.25, -0.2) is 13.2 Å². The first kappa shape index (κ1) is 40.1. The number of nitrogens with one attached hydrogen (secondary N) is 1. The molecular weight excluding hydrogens is 721 g/mol. The molecule has 3 aromatic rings. The summed E-state index contributed by atoms with van der Waals surface area (Å²) in [4.78, 5) is 23.5. The highest BCUT2D eigenvalue weighted by Gasteiger charge is 2.50. The van der Waals surface area contributed by atoms with Crippen molar-refractivity contribution in [3.05, 3.63) is 88.9 Å². The summed E-state index contributed by atoms with van der Waals surface area (Å²) < 4.78 is 99.1. The molecule has 3 aromatic carbocycles. The Hall–Kier alpha value is -3.63. The van der Waals surface area contributed by atoms with Gasteiger partial charge in [-0.15, -0.1) is 0 Å². The van der Waals surface area contributed by atoms with Crippen LogP contribution in [0.1, 0.15) is 49.7 Å². The molecule has 0 aromatic heterocycles. The largest absolute Gasteiger partial charge is 0.490 e. The van der Waals surface area contributed by atoms with Crippen LogP contribution in [0.15, 0.2) is 77.7 Å². The maximum atomic E-state index is 16.2. The Labute approximate surface area is 298 Å². The zero-order chi connectivity index (χ0) is 37.4. The monoisotopic (exact) mass is 759 g/mol. The molecule has 51 heavy (non-hydrogen) atoms. The predicted octanol–water partition coefficient (Wildman–Crippen LogP) is 6.53. The molecule has 1 amide bonds. The summed E-state index contributed by atoms with van der Waals surface area (Å²) in [5, 5.41) is 7.67.